The molecule has 1 nitrogen and oxygen atoms in total. The maximum Gasteiger partial charge on any atom is 0.0602 e. The molecule has 80 valence electrons. The fourth-order valence-corrected chi connectivity index (χ4v) is 1.57. The highest BCUT2D eigenvalue weighted by molar-refractivity contribution is 4.72. The lowest BCUT2D eigenvalue weighted by molar-refractivity contribution is -0.0668. The van der Waals surface area contributed by atoms with Crippen LogP contribution in [0.2, 0.25) is 0 Å². The zero-order valence-corrected chi connectivity index (χ0v) is 10.4. The first-order valence-electron chi connectivity index (χ1n) is 5.34. The van der Waals surface area contributed by atoms with E-state index in [4.69, 9.17) is 4.74 Å². The summed E-state index contributed by atoms with van der Waals surface area (Å²) in [6.07, 6.45) is 2.71. The number of ether oxygens (including phenoxy) is 1. The van der Waals surface area contributed by atoms with E-state index < -0.39 is 0 Å². The zero-order chi connectivity index (χ0) is 10.7. The van der Waals surface area contributed by atoms with Gasteiger partial charge in [0.15, 0.2) is 0 Å². The molecule has 0 saturated heterocycles. The summed E-state index contributed by atoms with van der Waals surface area (Å²) < 4.78 is 5.88. The Morgan fingerprint density at radius 3 is 1.85 bits per heavy atom. The van der Waals surface area contributed by atoms with Gasteiger partial charge in [-0.3, -0.25) is 0 Å². The number of hydrogen-bond donors (Lipinski definition) is 0. The van der Waals surface area contributed by atoms with Crippen molar-refractivity contribution in [2.75, 3.05) is 0 Å². The molecule has 0 aliphatic carbocycles. The van der Waals surface area contributed by atoms with Gasteiger partial charge in [0.25, 0.3) is 0 Å². The maximum absolute atomic E-state index is 5.88. The highest BCUT2D eigenvalue weighted by Gasteiger charge is 2.22. The Labute approximate surface area is 83.9 Å². The summed E-state index contributed by atoms with van der Waals surface area (Å²) >= 11 is 0. The van der Waals surface area contributed by atoms with Crippen molar-refractivity contribution in [2.45, 2.75) is 73.0 Å². The summed E-state index contributed by atoms with van der Waals surface area (Å²) in [5, 5.41) is 0. The van der Waals surface area contributed by atoms with Gasteiger partial charge in [0, 0.05) is 0 Å². The van der Waals surface area contributed by atoms with E-state index in [-0.39, 0.29) is 5.60 Å². The number of rotatable bonds is 4. The van der Waals surface area contributed by atoms with Crippen molar-refractivity contribution in [2.24, 2.45) is 5.41 Å². The number of hydrogen-bond acceptors (Lipinski definition) is 1. The molecule has 0 aromatic heterocycles. The molecule has 0 fully saturated rings. The molecule has 0 spiro atoms. The topological polar surface area (TPSA) is 9.23 Å². The van der Waals surface area contributed by atoms with Crippen LogP contribution < -0.4 is 0 Å². The van der Waals surface area contributed by atoms with E-state index in [2.05, 4.69) is 48.5 Å². The van der Waals surface area contributed by atoms with Crippen molar-refractivity contribution in [1.29, 1.82) is 0 Å². The summed E-state index contributed by atoms with van der Waals surface area (Å²) in [5.41, 5.74) is 0.397. The van der Waals surface area contributed by atoms with Gasteiger partial charge in [-0.25, -0.2) is 0 Å². The van der Waals surface area contributed by atoms with Gasteiger partial charge in [0.05, 0.1) is 11.7 Å². The van der Waals surface area contributed by atoms with Gasteiger partial charge in [0.2, 0.25) is 0 Å². The van der Waals surface area contributed by atoms with Crippen LogP contribution in [0.3, 0.4) is 0 Å². The van der Waals surface area contributed by atoms with Gasteiger partial charge >= 0.3 is 0 Å². The molecule has 1 unspecified atom stereocenters. The van der Waals surface area contributed by atoms with Crippen molar-refractivity contribution in [3.05, 3.63) is 0 Å². The van der Waals surface area contributed by atoms with Gasteiger partial charge in [-0.15, -0.1) is 0 Å². The average molecular weight is 186 g/mol. The lowest BCUT2D eigenvalue weighted by Gasteiger charge is -2.31. The molecular formula is C12H26O. The lowest BCUT2D eigenvalue weighted by Crippen LogP contribution is -2.29. The Balaban J connectivity index is 3.94. The quantitative estimate of drug-likeness (QED) is 0.644. The van der Waals surface area contributed by atoms with Crippen molar-refractivity contribution in [3.63, 3.8) is 0 Å². The highest BCUT2D eigenvalue weighted by Crippen LogP contribution is 2.28. The second-order valence-electron chi connectivity index (χ2n) is 5.76. The predicted octanol–water partition coefficient (Wildman–Crippen LogP) is 4.02. The summed E-state index contributed by atoms with van der Waals surface area (Å²) in [6.45, 7) is 15.4. The molecule has 13 heavy (non-hydrogen) atoms. The van der Waals surface area contributed by atoms with Gasteiger partial charge in [-0.2, -0.15) is 0 Å². The third-order valence-corrected chi connectivity index (χ3v) is 2.35. The SMILES string of the molecule is CCC(C)(C)CC(C)OC(C)(C)C. The van der Waals surface area contributed by atoms with Crippen LogP contribution in [-0.4, -0.2) is 11.7 Å². The van der Waals surface area contributed by atoms with Crippen LogP contribution in [0.4, 0.5) is 0 Å². The normalized spacial score (nSPS) is 15.9. The van der Waals surface area contributed by atoms with Gasteiger partial charge in [-0.05, 0) is 39.5 Å². The maximum atomic E-state index is 5.88. The minimum Gasteiger partial charge on any atom is -0.373 e. The molecule has 0 aliphatic heterocycles. The molecular weight excluding hydrogens is 160 g/mol. The summed E-state index contributed by atoms with van der Waals surface area (Å²) in [6, 6.07) is 0. The van der Waals surface area contributed by atoms with Crippen LogP contribution in [0.5, 0.6) is 0 Å². The Hall–Kier alpha value is -0.0400. The van der Waals surface area contributed by atoms with Gasteiger partial charge in [-0.1, -0.05) is 27.2 Å². The molecule has 0 rings (SSSR count). The Kier molecular flexibility index (Phi) is 4.44. The van der Waals surface area contributed by atoms with Gasteiger partial charge < -0.3 is 4.74 Å². The second-order valence-corrected chi connectivity index (χ2v) is 5.76. The smallest absolute Gasteiger partial charge is 0.0602 e. The molecule has 1 heteroatoms. The monoisotopic (exact) mass is 186 g/mol. The van der Waals surface area contributed by atoms with Crippen molar-refractivity contribution in [1.82, 2.24) is 0 Å². The zero-order valence-electron chi connectivity index (χ0n) is 10.4. The minimum atomic E-state index is -0.0107. The van der Waals surface area contributed by atoms with Gasteiger partial charge in [0.1, 0.15) is 0 Å². The Bertz CT molecular complexity index is 142. The Morgan fingerprint density at radius 1 is 1.08 bits per heavy atom. The first-order valence-corrected chi connectivity index (χ1v) is 5.34. The molecule has 0 bridgehead atoms. The summed E-state index contributed by atoms with van der Waals surface area (Å²) in [4.78, 5) is 0. The van der Waals surface area contributed by atoms with Crippen LogP contribution in [0.25, 0.3) is 0 Å². The van der Waals surface area contributed by atoms with Crippen LogP contribution in [0.15, 0.2) is 0 Å². The van der Waals surface area contributed by atoms with E-state index >= 15 is 0 Å². The van der Waals surface area contributed by atoms with E-state index in [0.29, 0.717) is 11.5 Å². The fourth-order valence-electron chi connectivity index (χ4n) is 1.57. The summed E-state index contributed by atoms with van der Waals surface area (Å²) in [5.74, 6) is 0. The predicted molar refractivity (Wildman–Crippen MR) is 59.0 cm³/mol. The fraction of sp³-hybridized carbons (Fsp3) is 1.00. The molecule has 0 aromatic carbocycles. The molecule has 0 aliphatic rings. The molecule has 0 saturated carbocycles. The molecule has 1 atom stereocenters. The van der Waals surface area contributed by atoms with Crippen molar-refractivity contribution < 1.29 is 4.74 Å². The van der Waals surface area contributed by atoms with Crippen LogP contribution in [-0.2, 0) is 4.74 Å². The van der Waals surface area contributed by atoms with E-state index in [0.717, 1.165) is 6.42 Å². The molecule has 0 radical (unpaired) electrons. The standard InChI is InChI=1S/C12H26O/c1-8-12(6,7)9-10(2)13-11(3,4)5/h10H,8-9H2,1-7H3. The van der Waals surface area contributed by atoms with Crippen LogP contribution in [0, 0.1) is 5.41 Å². The van der Waals surface area contributed by atoms with E-state index in [1.54, 1.807) is 0 Å². The van der Waals surface area contributed by atoms with E-state index in [1.165, 1.54) is 6.42 Å². The highest BCUT2D eigenvalue weighted by atomic mass is 16.5. The first kappa shape index (κ1) is 13.0. The van der Waals surface area contributed by atoms with E-state index in [1.807, 2.05) is 0 Å². The van der Waals surface area contributed by atoms with Crippen LogP contribution in [0.1, 0.15) is 61.3 Å². The lowest BCUT2D eigenvalue weighted by atomic mass is 9.84. The largest absolute Gasteiger partial charge is 0.373 e. The minimum absolute atomic E-state index is 0.0107. The van der Waals surface area contributed by atoms with Crippen LogP contribution >= 0.6 is 0 Å². The molecule has 0 aromatic rings. The molecule has 0 N–H and O–H groups in total. The Morgan fingerprint density at radius 2 is 1.54 bits per heavy atom. The third-order valence-electron chi connectivity index (χ3n) is 2.35. The third kappa shape index (κ3) is 7.06. The van der Waals surface area contributed by atoms with Crippen molar-refractivity contribution >= 4 is 0 Å². The first-order chi connectivity index (χ1) is 5.66. The van der Waals surface area contributed by atoms with Crippen molar-refractivity contribution in [3.8, 4) is 0 Å². The summed E-state index contributed by atoms with van der Waals surface area (Å²) in [7, 11) is 0. The average Bonchev–Trinajstić information content (AvgIpc) is 1.81. The molecule has 0 heterocycles. The molecule has 0 amide bonds. The van der Waals surface area contributed by atoms with E-state index in [9.17, 15) is 0 Å². The second kappa shape index (κ2) is 4.45.